The zero-order valence-electron chi connectivity index (χ0n) is 11.2. The van der Waals surface area contributed by atoms with E-state index in [1.165, 1.54) is 4.90 Å². The molecule has 1 saturated heterocycles. The van der Waals surface area contributed by atoms with Crippen molar-refractivity contribution in [2.75, 3.05) is 25.4 Å². The first-order valence-corrected chi connectivity index (χ1v) is 7.88. The average Bonchev–Trinajstić information content (AvgIpc) is 2.64. The van der Waals surface area contributed by atoms with E-state index in [-0.39, 0.29) is 18.3 Å². The maximum absolute atomic E-state index is 12.1. The molecule has 0 aromatic heterocycles. The quantitative estimate of drug-likeness (QED) is 0.727. The van der Waals surface area contributed by atoms with E-state index in [1.807, 2.05) is 6.92 Å². The van der Waals surface area contributed by atoms with Crippen molar-refractivity contribution in [3.05, 3.63) is 0 Å². The molecule has 1 heterocycles. The summed E-state index contributed by atoms with van der Waals surface area (Å²) >= 11 is 0. The molecule has 1 atom stereocenters. The van der Waals surface area contributed by atoms with Crippen LogP contribution in [0.2, 0.25) is 0 Å². The Balaban J connectivity index is 2.74. The normalized spacial score (nSPS) is 20.1. The lowest BCUT2D eigenvalue weighted by Gasteiger charge is -2.28. The van der Waals surface area contributed by atoms with E-state index in [9.17, 15) is 18.0 Å². The molecule has 19 heavy (non-hydrogen) atoms. The average molecular weight is 292 g/mol. The minimum absolute atomic E-state index is 0.0581. The summed E-state index contributed by atoms with van der Waals surface area (Å²) in [6, 6.07) is -0.228. The Morgan fingerprint density at radius 2 is 2.05 bits per heavy atom. The Hall–Kier alpha value is -1.15. The Morgan fingerprint density at radius 1 is 1.42 bits per heavy atom. The lowest BCUT2D eigenvalue weighted by atomic mass is 10.2. The molecule has 0 saturated carbocycles. The van der Waals surface area contributed by atoms with Gasteiger partial charge in [0.2, 0.25) is 15.9 Å². The van der Waals surface area contributed by atoms with Gasteiger partial charge in [0.05, 0.1) is 12.3 Å². The predicted molar refractivity (Wildman–Crippen MR) is 69.1 cm³/mol. The molecule has 1 unspecified atom stereocenters. The second-order valence-electron chi connectivity index (χ2n) is 4.68. The van der Waals surface area contributed by atoms with Crippen molar-refractivity contribution in [3.8, 4) is 0 Å². The minimum Gasteiger partial charge on any atom is -0.480 e. The van der Waals surface area contributed by atoms with Gasteiger partial charge >= 0.3 is 5.97 Å². The number of carbonyl (C=O) groups excluding carboxylic acids is 1. The highest BCUT2D eigenvalue weighted by molar-refractivity contribution is 7.89. The second-order valence-corrected chi connectivity index (χ2v) is 6.76. The van der Waals surface area contributed by atoms with Gasteiger partial charge in [-0.25, -0.2) is 8.42 Å². The van der Waals surface area contributed by atoms with E-state index in [0.717, 1.165) is 4.31 Å². The smallest absolute Gasteiger partial charge is 0.323 e. The molecule has 0 aromatic rings. The molecule has 8 heteroatoms. The Kier molecular flexibility index (Phi) is 5.30. The fourth-order valence-corrected chi connectivity index (χ4v) is 3.43. The number of nitrogens with zero attached hydrogens (tertiary/aromatic N) is 2. The second kappa shape index (κ2) is 6.33. The van der Waals surface area contributed by atoms with Crippen molar-refractivity contribution in [1.29, 1.82) is 0 Å². The monoisotopic (exact) mass is 292 g/mol. The number of carboxylic acid groups (broad SMARTS) is 1. The minimum atomic E-state index is -3.34. The van der Waals surface area contributed by atoms with E-state index >= 15 is 0 Å². The first-order valence-electron chi connectivity index (χ1n) is 6.27. The van der Waals surface area contributed by atoms with Gasteiger partial charge in [-0.15, -0.1) is 0 Å². The summed E-state index contributed by atoms with van der Waals surface area (Å²) in [5, 5.41) is 8.81. The molecule has 0 radical (unpaired) electrons. The molecule has 1 rings (SSSR count). The highest BCUT2D eigenvalue weighted by Crippen LogP contribution is 2.14. The summed E-state index contributed by atoms with van der Waals surface area (Å²) in [5.74, 6) is -1.50. The largest absolute Gasteiger partial charge is 0.480 e. The van der Waals surface area contributed by atoms with E-state index < -0.39 is 28.4 Å². The van der Waals surface area contributed by atoms with Gasteiger partial charge in [0.1, 0.15) is 6.54 Å². The highest BCUT2D eigenvalue weighted by Gasteiger charge is 2.32. The van der Waals surface area contributed by atoms with Crippen LogP contribution >= 0.6 is 0 Å². The number of carbonyl (C=O) groups is 2. The number of hydrogen-bond donors (Lipinski definition) is 1. The standard InChI is InChI=1S/C11H20N2O5S/c1-3-9(2)13(8-11(15)16)10(14)7-12-5-4-6-19(12,17)18/h9H,3-8H2,1-2H3,(H,15,16). The molecule has 110 valence electrons. The first kappa shape index (κ1) is 15.9. The fourth-order valence-electron chi connectivity index (χ4n) is 1.97. The molecular weight excluding hydrogens is 272 g/mol. The molecule has 0 bridgehead atoms. The summed E-state index contributed by atoms with van der Waals surface area (Å²) < 4.78 is 24.4. The maximum Gasteiger partial charge on any atom is 0.323 e. The van der Waals surface area contributed by atoms with Crippen molar-refractivity contribution >= 4 is 21.9 Å². The predicted octanol–water partition coefficient (Wildman–Crippen LogP) is -0.266. The van der Waals surface area contributed by atoms with Crippen LogP contribution in [-0.2, 0) is 19.6 Å². The number of carboxylic acids is 1. The first-order chi connectivity index (χ1) is 8.77. The van der Waals surface area contributed by atoms with Gasteiger partial charge in [0.25, 0.3) is 0 Å². The number of sulfonamides is 1. The zero-order chi connectivity index (χ0) is 14.6. The molecule has 1 N–H and O–H groups in total. The number of aliphatic carboxylic acids is 1. The summed E-state index contributed by atoms with van der Waals surface area (Å²) in [6.07, 6.45) is 1.13. The zero-order valence-corrected chi connectivity index (χ0v) is 12.0. The van der Waals surface area contributed by atoms with E-state index in [2.05, 4.69) is 0 Å². The van der Waals surface area contributed by atoms with E-state index in [4.69, 9.17) is 5.11 Å². The van der Waals surface area contributed by atoms with E-state index in [1.54, 1.807) is 6.92 Å². The Labute approximate surface area is 113 Å². The number of rotatable bonds is 6. The van der Waals surface area contributed by atoms with Crippen LogP contribution in [0.3, 0.4) is 0 Å². The molecule has 1 aliphatic rings. The summed E-state index contributed by atoms with van der Waals surface area (Å²) in [6.45, 7) is 3.26. The van der Waals surface area contributed by atoms with Crippen molar-refractivity contribution in [3.63, 3.8) is 0 Å². The molecule has 1 fully saturated rings. The van der Waals surface area contributed by atoms with Crippen molar-refractivity contribution in [2.45, 2.75) is 32.7 Å². The summed E-state index contributed by atoms with van der Waals surface area (Å²) in [5.41, 5.74) is 0. The third-order valence-electron chi connectivity index (χ3n) is 3.26. The van der Waals surface area contributed by atoms with Crippen molar-refractivity contribution in [2.24, 2.45) is 0 Å². The third kappa shape index (κ3) is 4.17. The molecule has 1 aliphatic heterocycles. The fraction of sp³-hybridized carbons (Fsp3) is 0.818. The molecule has 7 nitrogen and oxygen atoms in total. The Morgan fingerprint density at radius 3 is 2.47 bits per heavy atom. The number of amides is 1. The van der Waals surface area contributed by atoms with Crippen LogP contribution in [0.5, 0.6) is 0 Å². The van der Waals surface area contributed by atoms with Gasteiger partial charge in [-0.3, -0.25) is 9.59 Å². The highest BCUT2D eigenvalue weighted by atomic mass is 32.2. The molecule has 0 spiro atoms. The van der Waals surface area contributed by atoms with Gasteiger partial charge in [-0.2, -0.15) is 4.31 Å². The topological polar surface area (TPSA) is 95.0 Å². The summed E-state index contributed by atoms with van der Waals surface area (Å²) in [7, 11) is -3.34. The van der Waals surface area contributed by atoms with Crippen LogP contribution in [0.1, 0.15) is 26.7 Å². The van der Waals surface area contributed by atoms with Crippen molar-refractivity contribution in [1.82, 2.24) is 9.21 Å². The SMILES string of the molecule is CCC(C)N(CC(=O)O)C(=O)CN1CCCS1(=O)=O. The van der Waals surface area contributed by atoms with Crippen LogP contribution in [0, 0.1) is 0 Å². The van der Waals surface area contributed by atoms with Gasteiger partial charge in [-0.1, -0.05) is 6.92 Å². The van der Waals surface area contributed by atoms with Crippen LogP contribution in [0.4, 0.5) is 0 Å². The molecule has 0 aliphatic carbocycles. The van der Waals surface area contributed by atoms with Gasteiger partial charge in [0, 0.05) is 12.6 Å². The van der Waals surface area contributed by atoms with Crippen LogP contribution in [0.25, 0.3) is 0 Å². The van der Waals surface area contributed by atoms with Gasteiger partial charge < -0.3 is 10.0 Å². The van der Waals surface area contributed by atoms with Crippen molar-refractivity contribution < 1.29 is 23.1 Å². The molecule has 0 aromatic carbocycles. The van der Waals surface area contributed by atoms with E-state index in [0.29, 0.717) is 19.4 Å². The van der Waals surface area contributed by atoms with Gasteiger partial charge in [-0.05, 0) is 19.8 Å². The van der Waals surface area contributed by atoms with Crippen LogP contribution in [-0.4, -0.2) is 66.0 Å². The molecule has 1 amide bonds. The lowest BCUT2D eigenvalue weighted by Crippen LogP contribution is -2.47. The molecular formula is C11H20N2O5S. The van der Waals surface area contributed by atoms with Crippen LogP contribution < -0.4 is 0 Å². The van der Waals surface area contributed by atoms with Gasteiger partial charge in [0.15, 0.2) is 0 Å². The third-order valence-corrected chi connectivity index (χ3v) is 5.17. The number of hydrogen-bond acceptors (Lipinski definition) is 4. The van der Waals surface area contributed by atoms with Crippen LogP contribution in [0.15, 0.2) is 0 Å². The summed E-state index contributed by atoms with van der Waals surface area (Å²) in [4.78, 5) is 24.1. The Bertz CT molecular complexity index is 448. The maximum atomic E-state index is 12.1. The lowest BCUT2D eigenvalue weighted by molar-refractivity contribution is -0.146.